The van der Waals surface area contributed by atoms with E-state index in [9.17, 15) is 0 Å². The predicted molar refractivity (Wildman–Crippen MR) is 44.6 cm³/mol. The average molecular weight is 183 g/mol. The zero-order valence-corrected chi connectivity index (χ0v) is 7.30. The molecule has 1 aliphatic carbocycles. The smallest absolute Gasteiger partial charge is 0.138 e. The molecule has 0 bridgehead atoms. The number of aromatic nitrogens is 4. The first-order valence-corrected chi connectivity index (χ1v) is 4.36. The fraction of sp³-hybridized carbons (Fsp3) is 0.857. The van der Waals surface area contributed by atoms with Crippen LogP contribution in [0.15, 0.2) is 6.33 Å². The number of aliphatic hydroxyl groups excluding tert-OH is 1. The summed E-state index contributed by atoms with van der Waals surface area (Å²) in [5.41, 5.74) is 5.76. The van der Waals surface area contributed by atoms with Crippen LogP contribution in [0.2, 0.25) is 0 Å². The number of tetrazole rings is 1. The molecule has 0 atom stereocenters. The van der Waals surface area contributed by atoms with Gasteiger partial charge in [-0.3, -0.25) is 0 Å². The molecule has 1 aromatic heterocycles. The minimum Gasteiger partial charge on any atom is -0.393 e. The second-order valence-corrected chi connectivity index (χ2v) is 3.75. The maximum absolute atomic E-state index is 9.11. The standard InChI is InChI=1S/C7H13N5O/c8-7(3-6(13)4-7)1-2-12-5-9-10-11-12/h5-6,13H,1-4,8H2. The molecular weight excluding hydrogens is 170 g/mol. The first-order chi connectivity index (χ1) is 6.18. The maximum atomic E-state index is 9.11. The summed E-state index contributed by atoms with van der Waals surface area (Å²) in [4.78, 5) is 0. The van der Waals surface area contributed by atoms with Gasteiger partial charge in [0.1, 0.15) is 6.33 Å². The molecule has 0 saturated heterocycles. The molecule has 0 aromatic carbocycles. The van der Waals surface area contributed by atoms with Gasteiger partial charge in [-0.15, -0.1) is 5.10 Å². The van der Waals surface area contributed by atoms with Crippen LogP contribution in [-0.4, -0.2) is 37.0 Å². The molecule has 2 rings (SSSR count). The minimum atomic E-state index is -0.209. The molecular formula is C7H13N5O. The molecule has 0 unspecified atom stereocenters. The Morgan fingerprint density at radius 3 is 2.92 bits per heavy atom. The van der Waals surface area contributed by atoms with Gasteiger partial charge < -0.3 is 10.8 Å². The van der Waals surface area contributed by atoms with Crippen LogP contribution >= 0.6 is 0 Å². The second-order valence-electron chi connectivity index (χ2n) is 3.75. The van der Waals surface area contributed by atoms with E-state index in [-0.39, 0.29) is 11.6 Å². The molecule has 1 saturated carbocycles. The Hall–Kier alpha value is -1.01. The van der Waals surface area contributed by atoms with Gasteiger partial charge in [0, 0.05) is 12.1 Å². The average Bonchev–Trinajstić information content (AvgIpc) is 2.50. The Balaban J connectivity index is 1.80. The van der Waals surface area contributed by atoms with Crippen LogP contribution in [0.5, 0.6) is 0 Å². The number of aliphatic hydroxyl groups is 1. The van der Waals surface area contributed by atoms with E-state index in [1.807, 2.05) is 0 Å². The number of nitrogens with two attached hydrogens (primary N) is 1. The summed E-state index contributed by atoms with van der Waals surface area (Å²) in [6.45, 7) is 0.718. The number of hydrogen-bond acceptors (Lipinski definition) is 5. The molecule has 0 radical (unpaired) electrons. The Labute approximate surface area is 75.7 Å². The largest absolute Gasteiger partial charge is 0.393 e. The van der Waals surface area contributed by atoms with Gasteiger partial charge in [-0.1, -0.05) is 0 Å². The van der Waals surface area contributed by atoms with Gasteiger partial charge in [0.2, 0.25) is 0 Å². The van der Waals surface area contributed by atoms with Crippen molar-refractivity contribution in [3.8, 4) is 0 Å². The molecule has 1 heterocycles. The van der Waals surface area contributed by atoms with E-state index in [4.69, 9.17) is 10.8 Å². The first-order valence-electron chi connectivity index (χ1n) is 4.36. The predicted octanol–water partition coefficient (Wildman–Crippen LogP) is -1.08. The van der Waals surface area contributed by atoms with Gasteiger partial charge in [-0.05, 0) is 29.7 Å². The highest BCUT2D eigenvalue weighted by molar-refractivity contribution is 4.98. The van der Waals surface area contributed by atoms with Crippen molar-refractivity contribution in [2.45, 2.75) is 37.5 Å². The van der Waals surface area contributed by atoms with Crippen molar-refractivity contribution in [2.24, 2.45) is 5.73 Å². The number of hydrogen-bond donors (Lipinski definition) is 2. The van der Waals surface area contributed by atoms with Gasteiger partial charge >= 0.3 is 0 Å². The highest BCUT2D eigenvalue weighted by Gasteiger charge is 2.39. The lowest BCUT2D eigenvalue weighted by Gasteiger charge is -2.42. The maximum Gasteiger partial charge on any atom is 0.138 e. The van der Waals surface area contributed by atoms with E-state index in [0.29, 0.717) is 12.8 Å². The third-order valence-electron chi connectivity index (χ3n) is 2.51. The molecule has 1 fully saturated rings. The van der Waals surface area contributed by atoms with Gasteiger partial charge in [-0.25, -0.2) is 4.68 Å². The molecule has 1 aliphatic rings. The summed E-state index contributed by atoms with van der Waals surface area (Å²) in [6.07, 6.45) is 3.55. The lowest BCUT2D eigenvalue weighted by molar-refractivity contribution is 0.0162. The van der Waals surface area contributed by atoms with E-state index in [1.54, 1.807) is 11.0 Å². The molecule has 72 valence electrons. The van der Waals surface area contributed by atoms with Crippen LogP contribution < -0.4 is 5.73 Å². The van der Waals surface area contributed by atoms with Crippen LogP contribution in [0.4, 0.5) is 0 Å². The number of nitrogens with zero attached hydrogens (tertiary/aromatic N) is 4. The third kappa shape index (κ3) is 1.84. The van der Waals surface area contributed by atoms with Crippen molar-refractivity contribution in [1.82, 2.24) is 20.2 Å². The summed E-state index contributed by atoms with van der Waals surface area (Å²) < 4.78 is 1.65. The first kappa shape index (κ1) is 8.58. The topological polar surface area (TPSA) is 89.9 Å². The number of aryl methyl sites for hydroxylation is 1. The van der Waals surface area contributed by atoms with Crippen molar-refractivity contribution in [3.05, 3.63) is 6.33 Å². The zero-order chi connectivity index (χ0) is 9.31. The Morgan fingerprint density at radius 1 is 1.62 bits per heavy atom. The van der Waals surface area contributed by atoms with Gasteiger partial charge in [0.05, 0.1) is 6.10 Å². The molecule has 6 nitrogen and oxygen atoms in total. The van der Waals surface area contributed by atoms with Crippen molar-refractivity contribution in [1.29, 1.82) is 0 Å². The highest BCUT2D eigenvalue weighted by Crippen LogP contribution is 2.32. The van der Waals surface area contributed by atoms with Crippen LogP contribution in [0.25, 0.3) is 0 Å². The lowest BCUT2D eigenvalue weighted by atomic mass is 9.73. The highest BCUT2D eigenvalue weighted by atomic mass is 16.3. The van der Waals surface area contributed by atoms with Crippen LogP contribution in [0.1, 0.15) is 19.3 Å². The van der Waals surface area contributed by atoms with Crippen molar-refractivity contribution in [2.75, 3.05) is 0 Å². The molecule has 0 amide bonds. The summed E-state index contributed by atoms with van der Waals surface area (Å²) in [7, 11) is 0. The molecule has 3 N–H and O–H groups in total. The van der Waals surface area contributed by atoms with E-state index >= 15 is 0 Å². The fourth-order valence-electron chi connectivity index (χ4n) is 1.70. The lowest BCUT2D eigenvalue weighted by Crippen LogP contribution is -2.54. The third-order valence-corrected chi connectivity index (χ3v) is 2.51. The van der Waals surface area contributed by atoms with E-state index in [0.717, 1.165) is 13.0 Å². The minimum absolute atomic E-state index is 0.203. The SMILES string of the molecule is NC1(CCn2cnnn2)CC(O)C1. The van der Waals surface area contributed by atoms with Crippen molar-refractivity contribution >= 4 is 0 Å². The van der Waals surface area contributed by atoms with E-state index < -0.39 is 0 Å². The van der Waals surface area contributed by atoms with Crippen LogP contribution in [0, 0.1) is 0 Å². The van der Waals surface area contributed by atoms with E-state index in [1.165, 1.54) is 0 Å². The molecule has 13 heavy (non-hydrogen) atoms. The van der Waals surface area contributed by atoms with Crippen LogP contribution in [-0.2, 0) is 6.54 Å². The Morgan fingerprint density at radius 2 is 2.38 bits per heavy atom. The Kier molecular flexibility index (Phi) is 2.01. The van der Waals surface area contributed by atoms with Crippen molar-refractivity contribution < 1.29 is 5.11 Å². The summed E-state index contributed by atoms with van der Waals surface area (Å²) >= 11 is 0. The van der Waals surface area contributed by atoms with Crippen molar-refractivity contribution in [3.63, 3.8) is 0 Å². The zero-order valence-electron chi connectivity index (χ0n) is 7.30. The van der Waals surface area contributed by atoms with Crippen LogP contribution in [0.3, 0.4) is 0 Å². The monoisotopic (exact) mass is 183 g/mol. The normalized spacial score (nSPS) is 32.9. The molecule has 6 heteroatoms. The van der Waals surface area contributed by atoms with Gasteiger partial charge in [0.25, 0.3) is 0 Å². The van der Waals surface area contributed by atoms with Gasteiger partial charge in [0.15, 0.2) is 0 Å². The fourth-order valence-corrected chi connectivity index (χ4v) is 1.70. The summed E-state index contributed by atoms with van der Waals surface area (Å²) in [6, 6.07) is 0. The second kappa shape index (κ2) is 3.04. The molecule has 0 aliphatic heterocycles. The quantitative estimate of drug-likeness (QED) is 0.621. The van der Waals surface area contributed by atoms with Gasteiger partial charge in [-0.2, -0.15) is 0 Å². The summed E-state index contributed by atoms with van der Waals surface area (Å²) in [5, 5.41) is 19.9. The Bertz CT molecular complexity index is 266. The molecule has 0 spiro atoms. The van der Waals surface area contributed by atoms with E-state index in [2.05, 4.69) is 15.5 Å². The molecule has 1 aromatic rings. The summed E-state index contributed by atoms with van der Waals surface area (Å²) in [5.74, 6) is 0. The number of rotatable bonds is 3.